The predicted molar refractivity (Wildman–Crippen MR) is 176 cm³/mol. The van der Waals surface area contributed by atoms with Crippen LogP contribution in [-0.4, -0.2) is 38.5 Å². The normalized spacial score (nSPS) is 15.0. The van der Waals surface area contributed by atoms with Gasteiger partial charge in [-0.05, 0) is 71.8 Å². The Morgan fingerprint density at radius 2 is 1.55 bits per heavy atom. The molecule has 0 N–H and O–H groups in total. The van der Waals surface area contributed by atoms with Gasteiger partial charge in [0.15, 0.2) is 6.10 Å². The lowest BCUT2D eigenvalue weighted by molar-refractivity contribution is -0.156. The summed E-state index contributed by atoms with van der Waals surface area (Å²) in [6.07, 6.45) is 4.02. The molecule has 4 aromatic rings. The van der Waals surface area contributed by atoms with Crippen molar-refractivity contribution in [3.05, 3.63) is 136 Å². The monoisotopic (exact) mass is 590 g/mol. The number of hydrogen-bond donors (Lipinski definition) is 0. The highest BCUT2D eigenvalue weighted by molar-refractivity contribution is 5.77. The van der Waals surface area contributed by atoms with E-state index in [1.807, 2.05) is 31.2 Å². The number of esters is 1. The fourth-order valence-electron chi connectivity index (χ4n) is 5.69. The highest BCUT2D eigenvalue weighted by Crippen LogP contribution is 2.38. The van der Waals surface area contributed by atoms with Crippen LogP contribution in [0.15, 0.2) is 91.0 Å². The molecule has 3 atom stereocenters. The number of benzene rings is 4. The Hall–Kier alpha value is -4.19. The van der Waals surface area contributed by atoms with E-state index in [1.165, 1.54) is 27.8 Å². The van der Waals surface area contributed by atoms with Crippen molar-refractivity contribution in [2.45, 2.75) is 52.2 Å². The Labute approximate surface area is 261 Å². The number of ether oxygens (including phenoxy) is 4. The molecule has 1 aliphatic carbocycles. The van der Waals surface area contributed by atoms with E-state index < -0.39 is 6.10 Å². The van der Waals surface area contributed by atoms with Gasteiger partial charge in [0.05, 0.1) is 13.2 Å². The van der Waals surface area contributed by atoms with Crippen LogP contribution in [0, 0.1) is 6.92 Å². The molecule has 3 unspecified atom stereocenters. The quantitative estimate of drug-likeness (QED) is 0.116. The highest BCUT2D eigenvalue weighted by Gasteiger charge is 2.24. The zero-order valence-corrected chi connectivity index (χ0v) is 26.1. The standard InChI is InChI=1S/C39H42O5/c1-5-41-37(39(40)42-6-2)25-29-13-19-34(20-14-29)43-22-23-44-38-35-21-12-27(3)24-33(35)18-16-31-15-17-32(26-36(31)38)28(4)30-10-8-7-9-11-30/h7-21,24,26,28,37-38H,5-6,22-23,25H2,1-4H3. The topological polar surface area (TPSA) is 54.0 Å². The Balaban J connectivity index is 1.28. The third kappa shape index (κ3) is 7.65. The maximum absolute atomic E-state index is 12.2. The molecule has 0 spiro atoms. The van der Waals surface area contributed by atoms with Crippen molar-refractivity contribution in [3.8, 4) is 5.75 Å². The fourth-order valence-corrected chi connectivity index (χ4v) is 5.69. The van der Waals surface area contributed by atoms with Crippen molar-refractivity contribution >= 4 is 18.1 Å². The molecule has 5 nitrogen and oxygen atoms in total. The molecule has 5 rings (SSSR count). The van der Waals surface area contributed by atoms with Gasteiger partial charge in [0.2, 0.25) is 0 Å². The summed E-state index contributed by atoms with van der Waals surface area (Å²) in [5, 5.41) is 0. The Morgan fingerprint density at radius 1 is 0.773 bits per heavy atom. The van der Waals surface area contributed by atoms with Crippen molar-refractivity contribution in [1.82, 2.24) is 0 Å². The Bertz CT molecular complexity index is 1560. The van der Waals surface area contributed by atoms with E-state index in [2.05, 4.69) is 92.7 Å². The summed E-state index contributed by atoms with van der Waals surface area (Å²) in [6, 6.07) is 31.7. The molecule has 5 heteroatoms. The molecular formula is C39H42O5. The van der Waals surface area contributed by atoms with Crippen LogP contribution >= 0.6 is 0 Å². The van der Waals surface area contributed by atoms with Crippen LogP contribution in [0.25, 0.3) is 12.2 Å². The van der Waals surface area contributed by atoms with Gasteiger partial charge in [-0.1, -0.05) is 104 Å². The smallest absolute Gasteiger partial charge is 0.335 e. The van der Waals surface area contributed by atoms with Gasteiger partial charge in [0, 0.05) is 18.9 Å². The summed E-state index contributed by atoms with van der Waals surface area (Å²) in [6.45, 7) is 9.66. The van der Waals surface area contributed by atoms with E-state index in [4.69, 9.17) is 18.9 Å². The van der Waals surface area contributed by atoms with E-state index >= 15 is 0 Å². The Morgan fingerprint density at radius 3 is 2.30 bits per heavy atom. The summed E-state index contributed by atoms with van der Waals surface area (Å²) in [4.78, 5) is 12.2. The zero-order valence-electron chi connectivity index (χ0n) is 26.1. The summed E-state index contributed by atoms with van der Waals surface area (Å²) >= 11 is 0. The first-order chi connectivity index (χ1) is 21.5. The lowest BCUT2D eigenvalue weighted by atomic mass is 9.88. The predicted octanol–water partition coefficient (Wildman–Crippen LogP) is 8.33. The average Bonchev–Trinajstić information content (AvgIpc) is 3.19. The lowest BCUT2D eigenvalue weighted by Gasteiger charge is -2.23. The van der Waals surface area contributed by atoms with Gasteiger partial charge in [-0.2, -0.15) is 0 Å². The summed E-state index contributed by atoms with van der Waals surface area (Å²) < 4.78 is 23.5. The third-order valence-corrected chi connectivity index (χ3v) is 8.06. The molecule has 228 valence electrons. The van der Waals surface area contributed by atoms with Crippen LogP contribution in [-0.2, 0) is 25.4 Å². The van der Waals surface area contributed by atoms with Gasteiger partial charge in [0.1, 0.15) is 18.5 Å². The van der Waals surface area contributed by atoms with E-state index in [1.54, 1.807) is 6.92 Å². The van der Waals surface area contributed by atoms with E-state index in [0.29, 0.717) is 32.8 Å². The number of carbonyl (C=O) groups excluding carboxylic acids is 1. The molecule has 44 heavy (non-hydrogen) atoms. The van der Waals surface area contributed by atoms with Crippen LogP contribution in [0.2, 0.25) is 0 Å². The van der Waals surface area contributed by atoms with Gasteiger partial charge < -0.3 is 18.9 Å². The van der Waals surface area contributed by atoms with Crippen LogP contribution in [0.4, 0.5) is 0 Å². The highest BCUT2D eigenvalue weighted by atomic mass is 16.6. The van der Waals surface area contributed by atoms with Crippen LogP contribution in [0.3, 0.4) is 0 Å². The second-order valence-electron chi connectivity index (χ2n) is 11.1. The molecular weight excluding hydrogens is 548 g/mol. The Kier molecular flexibility index (Phi) is 10.7. The number of hydrogen-bond acceptors (Lipinski definition) is 5. The zero-order chi connectivity index (χ0) is 30.9. The van der Waals surface area contributed by atoms with Crippen LogP contribution in [0.5, 0.6) is 5.75 Å². The van der Waals surface area contributed by atoms with E-state index in [9.17, 15) is 4.79 Å². The molecule has 1 aliphatic rings. The van der Waals surface area contributed by atoms with Crippen molar-refractivity contribution in [1.29, 1.82) is 0 Å². The molecule has 4 aromatic carbocycles. The van der Waals surface area contributed by atoms with Crippen molar-refractivity contribution in [2.24, 2.45) is 0 Å². The summed E-state index contributed by atoms with van der Waals surface area (Å²) in [7, 11) is 0. The molecule has 0 aromatic heterocycles. The molecule has 0 fully saturated rings. The molecule has 0 heterocycles. The van der Waals surface area contributed by atoms with Crippen molar-refractivity contribution in [2.75, 3.05) is 26.4 Å². The van der Waals surface area contributed by atoms with Gasteiger partial charge >= 0.3 is 5.97 Å². The minimum Gasteiger partial charge on any atom is -0.491 e. The maximum Gasteiger partial charge on any atom is 0.335 e. The molecule has 0 saturated carbocycles. The van der Waals surface area contributed by atoms with Crippen LogP contribution < -0.4 is 4.74 Å². The second kappa shape index (κ2) is 15.0. The van der Waals surface area contributed by atoms with Crippen molar-refractivity contribution < 1.29 is 23.7 Å². The van der Waals surface area contributed by atoms with Gasteiger partial charge in [-0.15, -0.1) is 0 Å². The molecule has 0 saturated heterocycles. The minimum atomic E-state index is -0.611. The summed E-state index contributed by atoms with van der Waals surface area (Å²) in [5.41, 5.74) is 9.42. The maximum atomic E-state index is 12.2. The number of aryl methyl sites for hydroxylation is 1. The van der Waals surface area contributed by atoms with Gasteiger partial charge in [0.25, 0.3) is 0 Å². The SMILES string of the molecule is CCOC(=O)C(Cc1ccc(OCCOC2c3ccc(C)cc3C=Cc3ccc(C(C)c4ccccc4)cc32)cc1)OCC. The first-order valence-electron chi connectivity index (χ1n) is 15.6. The summed E-state index contributed by atoms with van der Waals surface area (Å²) in [5.74, 6) is 0.680. The van der Waals surface area contributed by atoms with Gasteiger partial charge in [-0.3, -0.25) is 0 Å². The largest absolute Gasteiger partial charge is 0.491 e. The first-order valence-corrected chi connectivity index (χ1v) is 15.6. The number of fused-ring (bicyclic) bond motifs is 2. The molecule has 0 radical (unpaired) electrons. The lowest BCUT2D eigenvalue weighted by Crippen LogP contribution is -2.28. The third-order valence-electron chi connectivity index (χ3n) is 8.06. The molecule has 0 bridgehead atoms. The average molecular weight is 591 g/mol. The number of rotatable bonds is 13. The van der Waals surface area contributed by atoms with Crippen LogP contribution in [0.1, 0.15) is 77.3 Å². The molecule has 0 aliphatic heterocycles. The van der Waals surface area contributed by atoms with Gasteiger partial charge in [-0.25, -0.2) is 4.79 Å². The van der Waals surface area contributed by atoms with E-state index in [0.717, 1.165) is 22.4 Å². The van der Waals surface area contributed by atoms with Crippen molar-refractivity contribution in [3.63, 3.8) is 0 Å². The minimum absolute atomic E-state index is 0.220. The number of carbonyl (C=O) groups is 1. The first kappa shape index (κ1) is 31.2. The fraction of sp³-hybridized carbons (Fsp3) is 0.308. The molecule has 0 amide bonds. The van der Waals surface area contributed by atoms with E-state index in [-0.39, 0.29) is 18.0 Å². The second-order valence-corrected chi connectivity index (χ2v) is 11.1.